The van der Waals surface area contributed by atoms with Crippen LogP contribution in [0.15, 0.2) is 42.2 Å². The molecule has 14 heteroatoms. The largest absolute Gasteiger partial charge is 0.491 e. The normalized spacial score (nSPS) is 12.8. The number of hydrazine groups is 2. The lowest BCUT2D eigenvalue weighted by Gasteiger charge is -2.15. The van der Waals surface area contributed by atoms with Crippen LogP contribution in [0.1, 0.15) is 15.9 Å². The van der Waals surface area contributed by atoms with Crippen LogP contribution < -0.4 is 21.1 Å². The van der Waals surface area contributed by atoms with Crippen molar-refractivity contribution in [3.05, 3.63) is 53.3 Å². The van der Waals surface area contributed by atoms with Gasteiger partial charge in [-0.15, -0.1) is 18.2 Å². The molecule has 176 valence electrons. The summed E-state index contributed by atoms with van der Waals surface area (Å²) in [6.45, 7) is -0.973. The van der Waals surface area contributed by atoms with Gasteiger partial charge in [-0.05, 0) is 23.6 Å². The van der Waals surface area contributed by atoms with E-state index in [4.69, 9.17) is 9.84 Å². The predicted octanol–water partition coefficient (Wildman–Crippen LogP) is 1.52. The van der Waals surface area contributed by atoms with Gasteiger partial charge in [0.15, 0.2) is 0 Å². The number of hydrogen-bond donors (Lipinski definition) is 7. The Labute approximate surface area is 190 Å². The second-order valence-electron chi connectivity index (χ2n) is 6.56. The summed E-state index contributed by atoms with van der Waals surface area (Å²) in [5.41, 5.74) is 6.31. The van der Waals surface area contributed by atoms with E-state index in [2.05, 4.69) is 44.0 Å². The summed E-state index contributed by atoms with van der Waals surface area (Å²) in [4.78, 5) is 23.3. The Hall–Kier alpha value is -3.33. The number of rotatable bonds is 9. The number of aliphatic hydroxyl groups excluding tert-OH is 2. The van der Waals surface area contributed by atoms with Gasteiger partial charge in [0.2, 0.25) is 0 Å². The van der Waals surface area contributed by atoms with Gasteiger partial charge < -0.3 is 25.4 Å². The van der Waals surface area contributed by atoms with Gasteiger partial charge in [-0.2, -0.15) is 13.2 Å². The smallest absolute Gasteiger partial charge is 0.417 e. The van der Waals surface area contributed by atoms with Gasteiger partial charge in [0.25, 0.3) is 5.91 Å². The molecule has 33 heavy (non-hydrogen) atoms. The number of imidazole rings is 1. The molecule has 0 radical (unpaired) electrons. The quantitative estimate of drug-likeness (QED) is 0.138. The van der Waals surface area contributed by atoms with E-state index in [0.29, 0.717) is 0 Å². The van der Waals surface area contributed by atoms with Crippen LogP contribution in [-0.2, 0) is 6.18 Å². The number of carbonyl (C=O) groups excluding carboxylic acids is 1. The second kappa shape index (κ2) is 10.5. The fraction of sp³-hybridized carbons (Fsp3) is 0.211. The molecule has 2 heterocycles. The summed E-state index contributed by atoms with van der Waals surface area (Å²) in [6.07, 6.45) is -2.03. The van der Waals surface area contributed by atoms with Crippen LogP contribution in [0.2, 0.25) is 0 Å². The molecule has 0 aliphatic carbocycles. The molecule has 0 unspecified atom stereocenters. The van der Waals surface area contributed by atoms with E-state index in [-0.39, 0.29) is 40.3 Å². The number of aromatic nitrogens is 3. The number of alkyl halides is 3. The van der Waals surface area contributed by atoms with Gasteiger partial charge in [0, 0.05) is 18.0 Å². The average Bonchev–Trinajstić information content (AvgIpc) is 3.23. The highest BCUT2D eigenvalue weighted by molar-refractivity contribution is 7.83. The summed E-state index contributed by atoms with van der Waals surface area (Å²) in [7, 11) is 0. The minimum Gasteiger partial charge on any atom is -0.491 e. The van der Waals surface area contributed by atoms with Crippen LogP contribution in [0.3, 0.4) is 0 Å². The van der Waals surface area contributed by atoms with E-state index in [1.54, 1.807) is 0 Å². The Balaban J connectivity index is 1.96. The third kappa shape index (κ3) is 5.92. The Morgan fingerprint density at radius 3 is 2.82 bits per heavy atom. The summed E-state index contributed by atoms with van der Waals surface area (Å²) in [6, 6.07) is 3.20. The first-order chi connectivity index (χ1) is 15.7. The van der Waals surface area contributed by atoms with E-state index in [1.165, 1.54) is 30.1 Å². The number of halogens is 3. The maximum absolute atomic E-state index is 13.8. The number of hydrogen-bond acceptors (Lipinski definition) is 9. The van der Waals surface area contributed by atoms with Crippen molar-refractivity contribution < 1.29 is 32.9 Å². The summed E-state index contributed by atoms with van der Waals surface area (Å²) < 4.78 is 46.4. The number of H-pyrrole nitrogens is 1. The topological polar surface area (TPSA) is 144 Å². The number of nitrogens with zero attached hydrogens (tertiary/aromatic N) is 2. The van der Waals surface area contributed by atoms with Crippen LogP contribution in [0.25, 0.3) is 22.4 Å². The molecule has 1 amide bonds. The van der Waals surface area contributed by atoms with Gasteiger partial charge in [0.1, 0.15) is 29.8 Å². The van der Waals surface area contributed by atoms with Gasteiger partial charge in [-0.3, -0.25) is 15.2 Å². The maximum atomic E-state index is 13.8. The van der Waals surface area contributed by atoms with Crippen molar-refractivity contribution in [1.82, 2.24) is 31.3 Å². The first-order valence-electron chi connectivity index (χ1n) is 9.31. The Bertz CT molecular complexity index is 1150. The Morgan fingerprint density at radius 1 is 1.33 bits per heavy atom. The Morgan fingerprint density at radius 2 is 2.12 bits per heavy atom. The predicted molar refractivity (Wildman–Crippen MR) is 115 cm³/mol. The van der Waals surface area contributed by atoms with Crippen LogP contribution in [-0.4, -0.2) is 50.4 Å². The molecule has 0 aliphatic rings. The van der Waals surface area contributed by atoms with Gasteiger partial charge in [-0.1, -0.05) is 0 Å². The van der Waals surface area contributed by atoms with Crippen molar-refractivity contribution in [2.45, 2.75) is 12.3 Å². The standard InChI is InChI=1S/C19H19F3N6O4S/c20-19(21,22)14-5-11(32-9-10(30)8-29)1-2-12(14)17-25-15-7-23-6-13(16(15)26-17)18(31)27-28-24-3-4-33/h1-7,10,24,28-30,33H,8-9H2,(H,25,26)(H,27,31)/b4-3-/t10-/m0/s1. The van der Waals surface area contributed by atoms with Gasteiger partial charge >= 0.3 is 6.18 Å². The number of nitrogens with one attached hydrogen (secondary N) is 4. The molecule has 0 bridgehead atoms. The fourth-order valence-electron chi connectivity index (χ4n) is 2.77. The molecule has 0 aliphatic heterocycles. The van der Waals surface area contributed by atoms with Gasteiger partial charge in [0.05, 0.1) is 29.4 Å². The number of thiol groups is 1. The van der Waals surface area contributed by atoms with Crippen molar-refractivity contribution in [2.24, 2.45) is 0 Å². The van der Waals surface area contributed by atoms with Crippen molar-refractivity contribution in [3.63, 3.8) is 0 Å². The van der Waals surface area contributed by atoms with E-state index in [9.17, 15) is 23.1 Å². The molecule has 0 fully saturated rings. The highest BCUT2D eigenvalue weighted by Crippen LogP contribution is 2.39. The molecular weight excluding hydrogens is 465 g/mol. The zero-order chi connectivity index (χ0) is 24.0. The summed E-state index contributed by atoms with van der Waals surface area (Å²) in [5.74, 6) is -0.913. The molecule has 10 nitrogen and oxygen atoms in total. The molecule has 3 rings (SSSR count). The second-order valence-corrected chi connectivity index (χ2v) is 6.86. The summed E-state index contributed by atoms with van der Waals surface area (Å²) >= 11 is 3.83. The Kier molecular flexibility index (Phi) is 7.75. The third-order valence-corrected chi connectivity index (χ3v) is 4.40. The third-order valence-electron chi connectivity index (χ3n) is 4.25. The number of benzene rings is 1. The molecule has 0 saturated carbocycles. The SMILES string of the molecule is O=C(NNN/C=C\S)c1cncc2[nH]c(-c3ccc(OC[C@@H](O)CO)cc3C(F)(F)F)nc12. The molecule has 6 N–H and O–H groups in total. The molecule has 1 aromatic carbocycles. The summed E-state index contributed by atoms with van der Waals surface area (Å²) in [5, 5.41) is 19.5. The van der Waals surface area contributed by atoms with Crippen LogP contribution in [0.5, 0.6) is 5.75 Å². The van der Waals surface area contributed by atoms with E-state index in [0.717, 1.165) is 12.1 Å². The van der Waals surface area contributed by atoms with Crippen LogP contribution in [0.4, 0.5) is 13.2 Å². The first-order valence-corrected chi connectivity index (χ1v) is 9.83. The van der Waals surface area contributed by atoms with Gasteiger partial charge in [-0.25, -0.2) is 4.98 Å². The first kappa shape index (κ1) is 24.3. The fourth-order valence-corrected chi connectivity index (χ4v) is 2.84. The maximum Gasteiger partial charge on any atom is 0.417 e. The number of ether oxygens (including phenoxy) is 1. The number of aliphatic hydroxyl groups is 2. The van der Waals surface area contributed by atoms with Crippen molar-refractivity contribution in [1.29, 1.82) is 0 Å². The molecule has 0 spiro atoms. The molecule has 1 atom stereocenters. The van der Waals surface area contributed by atoms with Crippen LogP contribution in [0, 0.1) is 0 Å². The lowest BCUT2D eigenvalue weighted by molar-refractivity contribution is -0.137. The molecule has 2 aromatic heterocycles. The van der Waals surface area contributed by atoms with Crippen LogP contribution >= 0.6 is 12.6 Å². The molecular formula is C19H19F3N6O4S. The van der Waals surface area contributed by atoms with Crippen molar-refractivity contribution in [3.8, 4) is 17.1 Å². The molecule has 3 aromatic rings. The van der Waals surface area contributed by atoms with E-state index < -0.39 is 30.4 Å². The highest BCUT2D eigenvalue weighted by atomic mass is 32.1. The van der Waals surface area contributed by atoms with E-state index >= 15 is 0 Å². The lowest BCUT2D eigenvalue weighted by atomic mass is 10.1. The minimum atomic E-state index is -4.75. The zero-order valence-corrected chi connectivity index (χ0v) is 17.6. The number of pyridine rings is 1. The average molecular weight is 484 g/mol. The van der Waals surface area contributed by atoms with Crippen molar-refractivity contribution >= 4 is 29.6 Å². The van der Waals surface area contributed by atoms with Crippen molar-refractivity contribution in [2.75, 3.05) is 13.2 Å². The van der Waals surface area contributed by atoms with E-state index in [1.807, 2.05) is 0 Å². The minimum absolute atomic E-state index is 0.0191. The molecule has 0 saturated heterocycles. The monoisotopic (exact) mass is 484 g/mol. The number of amides is 1. The number of aromatic amines is 1. The zero-order valence-electron chi connectivity index (χ0n) is 16.7. The lowest BCUT2D eigenvalue weighted by Crippen LogP contribution is -2.44. The number of carbonyl (C=O) groups is 1. The number of fused-ring (bicyclic) bond motifs is 1. The highest BCUT2D eigenvalue weighted by Gasteiger charge is 2.35.